The van der Waals surface area contributed by atoms with Crippen LogP contribution in [0, 0.1) is 0 Å². The van der Waals surface area contributed by atoms with E-state index < -0.39 is 30.4 Å². The van der Waals surface area contributed by atoms with Crippen LogP contribution in [0.3, 0.4) is 0 Å². The summed E-state index contributed by atoms with van der Waals surface area (Å²) in [7, 11) is 1.42. The molecule has 0 aliphatic carbocycles. The van der Waals surface area contributed by atoms with Gasteiger partial charge in [-0.05, 0) is 6.42 Å². The number of likely N-dealkylation sites (N-methyl/N-ethyl adjacent to an activating group) is 1. The molecule has 0 aromatic carbocycles. The number of aliphatic hydroxyl groups is 2. The Balaban J connectivity index is 1.95. The number of anilines is 2. The normalized spacial score (nSPS) is 25.5. The fraction of sp³-hybridized carbons (Fsp3) is 0.600. The van der Waals surface area contributed by atoms with Gasteiger partial charge in [-0.1, -0.05) is 13.3 Å². The highest BCUT2D eigenvalue weighted by Gasteiger charge is 2.47. The summed E-state index contributed by atoms with van der Waals surface area (Å²) in [6.45, 7) is 2.78. The van der Waals surface area contributed by atoms with Gasteiger partial charge in [-0.2, -0.15) is 9.97 Å². The Morgan fingerprint density at radius 1 is 1.38 bits per heavy atom. The Kier molecular flexibility index (Phi) is 5.20. The van der Waals surface area contributed by atoms with Crippen molar-refractivity contribution in [2.75, 3.05) is 24.6 Å². The molecule has 0 bridgehead atoms. The zero-order valence-corrected chi connectivity index (χ0v) is 14.6. The number of fused-ring (bicyclic) bond motifs is 1. The summed E-state index contributed by atoms with van der Waals surface area (Å²) in [4.78, 5) is 24.4. The van der Waals surface area contributed by atoms with Crippen LogP contribution >= 0.6 is 0 Å². The van der Waals surface area contributed by atoms with Crippen molar-refractivity contribution in [1.29, 1.82) is 0 Å². The second kappa shape index (κ2) is 7.40. The van der Waals surface area contributed by atoms with E-state index in [0.29, 0.717) is 23.5 Å². The van der Waals surface area contributed by atoms with E-state index in [0.717, 1.165) is 12.8 Å². The smallest absolute Gasteiger partial charge is 0.251 e. The highest BCUT2D eigenvalue weighted by Crippen LogP contribution is 2.32. The first-order valence-electron chi connectivity index (χ1n) is 8.45. The summed E-state index contributed by atoms with van der Waals surface area (Å²) in [5, 5.41) is 26.0. The lowest BCUT2D eigenvalue weighted by Gasteiger charge is -2.16. The highest BCUT2D eigenvalue weighted by atomic mass is 16.6. The van der Waals surface area contributed by atoms with E-state index in [2.05, 4.69) is 32.5 Å². The Labute approximate surface area is 149 Å². The first-order valence-corrected chi connectivity index (χ1v) is 8.45. The van der Waals surface area contributed by atoms with Gasteiger partial charge in [0.05, 0.1) is 6.33 Å². The molecule has 0 spiro atoms. The van der Waals surface area contributed by atoms with Crippen molar-refractivity contribution in [2.45, 2.75) is 44.3 Å². The fourth-order valence-electron chi connectivity index (χ4n) is 2.87. The molecule has 6 N–H and O–H groups in total. The van der Waals surface area contributed by atoms with Gasteiger partial charge in [0.15, 0.2) is 29.3 Å². The number of rotatable bonds is 6. The average molecular weight is 365 g/mol. The number of nitrogens with one attached hydrogen (secondary N) is 2. The standard InChI is InChI=1S/C15H23N7O4/c1-3-4-5-18-11-7-12(21-15(16)20-11)22(6-19-7)14-9(24)8(23)10(26-14)13(25)17-2/h6,8-10,14,23-24H,3-5H2,1-2H3,(H,17,25)(H3,16,18,20,21)/t8-,9+,10-,14+/m0/s1. The molecular weight excluding hydrogens is 342 g/mol. The third kappa shape index (κ3) is 3.16. The number of ether oxygens (including phenoxy) is 1. The number of hydrogen-bond donors (Lipinski definition) is 5. The monoisotopic (exact) mass is 365 g/mol. The van der Waals surface area contributed by atoms with Crippen LogP contribution in [-0.2, 0) is 9.53 Å². The minimum Gasteiger partial charge on any atom is -0.387 e. The lowest BCUT2D eigenvalue weighted by Crippen LogP contribution is -2.41. The molecule has 2 aromatic rings. The third-order valence-corrected chi connectivity index (χ3v) is 4.28. The predicted octanol–water partition coefficient (Wildman–Crippen LogP) is -1.01. The Bertz CT molecular complexity index is 796. The topological polar surface area (TPSA) is 160 Å². The quantitative estimate of drug-likeness (QED) is 0.404. The van der Waals surface area contributed by atoms with E-state index in [1.165, 1.54) is 17.9 Å². The van der Waals surface area contributed by atoms with Crippen molar-refractivity contribution in [3.05, 3.63) is 6.33 Å². The Morgan fingerprint density at radius 3 is 2.85 bits per heavy atom. The number of nitrogen functional groups attached to an aromatic ring is 1. The summed E-state index contributed by atoms with van der Waals surface area (Å²) in [6, 6.07) is 0. The van der Waals surface area contributed by atoms with Crippen molar-refractivity contribution < 1.29 is 19.7 Å². The molecule has 11 nitrogen and oxygen atoms in total. The van der Waals surface area contributed by atoms with Gasteiger partial charge < -0.3 is 31.3 Å². The average Bonchev–Trinajstić information content (AvgIpc) is 3.16. The van der Waals surface area contributed by atoms with E-state index in [-0.39, 0.29) is 5.95 Å². The van der Waals surface area contributed by atoms with Crippen LogP contribution in [-0.4, -0.2) is 67.5 Å². The van der Waals surface area contributed by atoms with Gasteiger partial charge in [-0.3, -0.25) is 9.36 Å². The van der Waals surface area contributed by atoms with Crippen molar-refractivity contribution in [1.82, 2.24) is 24.8 Å². The van der Waals surface area contributed by atoms with E-state index in [1.54, 1.807) is 0 Å². The molecule has 2 aromatic heterocycles. The van der Waals surface area contributed by atoms with Gasteiger partial charge in [0.1, 0.15) is 12.2 Å². The molecule has 26 heavy (non-hydrogen) atoms. The second-order valence-electron chi connectivity index (χ2n) is 6.08. The SMILES string of the molecule is CCCCNc1nc(N)nc2c1ncn2[C@@H]1O[C@H](C(=O)NC)[C@@H](O)[C@H]1O. The molecule has 4 atom stereocenters. The molecule has 3 heterocycles. The number of imidazole rings is 1. The van der Waals surface area contributed by atoms with Crippen molar-refractivity contribution >= 4 is 28.8 Å². The first-order chi connectivity index (χ1) is 12.5. The molecule has 1 aliphatic rings. The second-order valence-corrected chi connectivity index (χ2v) is 6.08. The molecule has 3 rings (SSSR count). The first kappa shape index (κ1) is 18.3. The van der Waals surface area contributed by atoms with E-state index in [1.807, 2.05) is 0 Å². The predicted molar refractivity (Wildman–Crippen MR) is 93.1 cm³/mol. The minimum absolute atomic E-state index is 0.0362. The van der Waals surface area contributed by atoms with Crippen molar-refractivity contribution in [3.63, 3.8) is 0 Å². The van der Waals surface area contributed by atoms with Crippen LogP contribution < -0.4 is 16.4 Å². The molecule has 1 amide bonds. The maximum absolute atomic E-state index is 11.8. The minimum atomic E-state index is -1.38. The van der Waals surface area contributed by atoms with E-state index in [9.17, 15) is 15.0 Å². The maximum atomic E-state index is 11.8. The molecular formula is C15H23N7O4. The largest absolute Gasteiger partial charge is 0.387 e. The van der Waals surface area contributed by atoms with Crippen molar-refractivity contribution in [3.8, 4) is 0 Å². The van der Waals surface area contributed by atoms with Gasteiger partial charge in [-0.25, -0.2) is 4.98 Å². The van der Waals surface area contributed by atoms with E-state index >= 15 is 0 Å². The number of unbranched alkanes of at least 4 members (excludes halogenated alkanes) is 1. The van der Waals surface area contributed by atoms with Crippen LogP contribution in [0.1, 0.15) is 26.0 Å². The number of nitrogens with zero attached hydrogens (tertiary/aromatic N) is 4. The number of nitrogens with two attached hydrogens (primary N) is 1. The molecule has 0 unspecified atom stereocenters. The molecule has 0 radical (unpaired) electrons. The van der Waals surface area contributed by atoms with Crippen LogP contribution in [0.5, 0.6) is 0 Å². The van der Waals surface area contributed by atoms with Crippen molar-refractivity contribution in [2.24, 2.45) is 0 Å². The van der Waals surface area contributed by atoms with Gasteiger partial charge >= 0.3 is 0 Å². The molecule has 1 aliphatic heterocycles. The maximum Gasteiger partial charge on any atom is 0.251 e. The Morgan fingerprint density at radius 2 is 2.15 bits per heavy atom. The lowest BCUT2D eigenvalue weighted by molar-refractivity contribution is -0.137. The number of aliphatic hydroxyl groups excluding tert-OH is 2. The fourth-order valence-corrected chi connectivity index (χ4v) is 2.87. The van der Waals surface area contributed by atoms with Gasteiger partial charge in [0.2, 0.25) is 5.95 Å². The molecule has 1 saturated heterocycles. The van der Waals surface area contributed by atoms with Gasteiger partial charge in [0.25, 0.3) is 5.91 Å². The zero-order chi connectivity index (χ0) is 18.8. The van der Waals surface area contributed by atoms with Crippen LogP contribution in [0.25, 0.3) is 11.2 Å². The number of carbonyl (C=O) groups excluding carboxylic acids is 1. The van der Waals surface area contributed by atoms with Gasteiger partial charge in [-0.15, -0.1) is 0 Å². The molecule has 11 heteroatoms. The zero-order valence-electron chi connectivity index (χ0n) is 14.6. The Hall–Kier alpha value is -2.50. The van der Waals surface area contributed by atoms with E-state index in [4.69, 9.17) is 10.5 Å². The summed E-state index contributed by atoms with van der Waals surface area (Å²) >= 11 is 0. The summed E-state index contributed by atoms with van der Waals surface area (Å²) in [5.74, 6) is -0.00995. The number of aromatic nitrogens is 4. The third-order valence-electron chi connectivity index (χ3n) is 4.28. The van der Waals surface area contributed by atoms with Crippen LogP contribution in [0.15, 0.2) is 6.33 Å². The number of carbonyl (C=O) groups is 1. The summed E-state index contributed by atoms with van der Waals surface area (Å²) in [6.07, 6.45) is -1.55. The number of amides is 1. The lowest BCUT2D eigenvalue weighted by atomic mass is 10.1. The molecule has 1 fully saturated rings. The number of hydrogen-bond acceptors (Lipinski definition) is 9. The summed E-state index contributed by atoms with van der Waals surface area (Å²) < 4.78 is 7.00. The highest BCUT2D eigenvalue weighted by molar-refractivity contribution is 5.84. The molecule has 142 valence electrons. The van der Waals surface area contributed by atoms with Gasteiger partial charge in [0, 0.05) is 13.6 Å². The van der Waals surface area contributed by atoms with Crippen LogP contribution in [0.2, 0.25) is 0 Å². The molecule has 0 saturated carbocycles. The van der Waals surface area contributed by atoms with Crippen LogP contribution in [0.4, 0.5) is 11.8 Å². The summed E-state index contributed by atoms with van der Waals surface area (Å²) in [5.41, 5.74) is 6.59.